The van der Waals surface area contributed by atoms with Crippen molar-refractivity contribution in [3.8, 4) is 17.6 Å². The Balaban J connectivity index is 2.66. The minimum Gasteiger partial charge on any atom is -0.409 e. The van der Waals surface area contributed by atoms with Gasteiger partial charge in [-0.2, -0.15) is 26.3 Å². The van der Waals surface area contributed by atoms with E-state index < -0.39 is 58.9 Å². The zero-order valence-corrected chi connectivity index (χ0v) is 18.4. The molecular weight excluding hydrogens is 499 g/mol. The van der Waals surface area contributed by atoms with Crippen LogP contribution in [0.15, 0.2) is 42.6 Å². The van der Waals surface area contributed by atoms with Gasteiger partial charge in [0.1, 0.15) is 12.4 Å². The summed E-state index contributed by atoms with van der Waals surface area (Å²) < 4.78 is 99.8. The molecule has 0 aliphatic rings. The van der Waals surface area contributed by atoms with Crippen LogP contribution >= 0.6 is 0 Å². The minimum atomic E-state index is -5.38. The van der Waals surface area contributed by atoms with Gasteiger partial charge in [-0.25, -0.2) is 9.18 Å². The lowest BCUT2D eigenvalue weighted by Crippen LogP contribution is -2.30. The molecule has 0 fully saturated rings. The summed E-state index contributed by atoms with van der Waals surface area (Å²) in [6.45, 7) is -0.640. The fraction of sp³-hybridized carbons (Fsp3) is 0.217. The van der Waals surface area contributed by atoms with Crippen molar-refractivity contribution >= 4 is 23.6 Å². The summed E-state index contributed by atoms with van der Waals surface area (Å²) in [5.74, 6) is 2.76. The second-order valence-corrected chi connectivity index (χ2v) is 6.94. The van der Waals surface area contributed by atoms with Crippen LogP contribution in [0.4, 0.5) is 41.2 Å². The zero-order chi connectivity index (χ0) is 27.1. The number of hydrogen-bond donors (Lipinski definition) is 3. The van der Waals surface area contributed by atoms with Crippen LogP contribution in [0.5, 0.6) is 5.75 Å². The van der Waals surface area contributed by atoms with E-state index in [0.29, 0.717) is 12.3 Å². The largest absolute Gasteiger partial charge is 0.420 e. The van der Waals surface area contributed by atoms with Crippen LogP contribution in [-0.2, 0) is 12.4 Å². The van der Waals surface area contributed by atoms with Crippen molar-refractivity contribution in [2.24, 2.45) is 0 Å². The van der Waals surface area contributed by atoms with Crippen LogP contribution in [0.2, 0.25) is 0 Å². The highest BCUT2D eigenvalue weighted by Crippen LogP contribution is 2.44. The number of alkyl halides is 6. The lowest BCUT2D eigenvalue weighted by Gasteiger charge is -2.22. The lowest BCUT2D eigenvalue weighted by atomic mass is 9.98. The Morgan fingerprint density at radius 1 is 1.11 bits per heavy atom. The van der Waals surface area contributed by atoms with E-state index in [1.54, 1.807) is 0 Å². The first kappa shape index (κ1) is 28.2. The van der Waals surface area contributed by atoms with Crippen molar-refractivity contribution in [2.45, 2.75) is 12.4 Å². The van der Waals surface area contributed by atoms with Crippen molar-refractivity contribution in [3.05, 3.63) is 65.1 Å². The maximum atomic E-state index is 13.8. The fourth-order valence-corrected chi connectivity index (χ4v) is 2.78. The average Bonchev–Trinajstić information content (AvgIpc) is 2.80. The van der Waals surface area contributed by atoms with Gasteiger partial charge < -0.3 is 20.6 Å². The number of aliphatic hydroxyl groups is 1. The number of carbonyl (C=O) groups excluding carboxylic acids is 1. The summed E-state index contributed by atoms with van der Waals surface area (Å²) in [6.07, 6.45) is -10.6. The number of hydrogen-bond acceptors (Lipinski definition) is 5. The highest BCUT2D eigenvalue weighted by atomic mass is 19.4. The smallest absolute Gasteiger partial charge is 0.409 e. The van der Waals surface area contributed by atoms with Gasteiger partial charge in [0.15, 0.2) is 5.75 Å². The van der Waals surface area contributed by atoms with Crippen LogP contribution in [-0.4, -0.2) is 37.6 Å². The minimum absolute atomic E-state index is 0.0235. The summed E-state index contributed by atoms with van der Waals surface area (Å²) in [6, 6.07) is 4.33. The van der Waals surface area contributed by atoms with E-state index >= 15 is 0 Å². The number of allylic oxidation sites excluding steroid dienone is 1. The first-order chi connectivity index (χ1) is 16.8. The Bertz CT molecular complexity index is 1190. The van der Waals surface area contributed by atoms with E-state index in [4.69, 9.17) is 15.3 Å². The van der Waals surface area contributed by atoms with Crippen LogP contribution in [0, 0.1) is 23.1 Å². The number of rotatable bonds is 6. The van der Waals surface area contributed by atoms with Gasteiger partial charge >= 0.3 is 18.4 Å². The highest BCUT2D eigenvalue weighted by molar-refractivity contribution is 6.10. The van der Waals surface area contributed by atoms with E-state index in [1.807, 2.05) is 0 Å². The number of nitrogens with zero attached hydrogens (tertiary/aromatic N) is 1. The summed E-state index contributed by atoms with van der Waals surface area (Å²) in [5.41, 5.74) is -4.92. The Morgan fingerprint density at radius 2 is 1.75 bits per heavy atom. The van der Waals surface area contributed by atoms with Gasteiger partial charge in [0.05, 0.1) is 17.7 Å². The number of ether oxygens (including phenoxy) is 1. The molecular formula is C23H18F7N3O3. The van der Waals surface area contributed by atoms with Gasteiger partial charge in [-0.3, -0.25) is 4.90 Å². The summed E-state index contributed by atoms with van der Waals surface area (Å²) in [4.78, 5) is 13.4. The van der Waals surface area contributed by atoms with Crippen molar-refractivity contribution < 1.29 is 45.4 Å². The van der Waals surface area contributed by atoms with Crippen molar-refractivity contribution in [3.63, 3.8) is 0 Å². The molecule has 2 aromatic rings. The summed E-state index contributed by atoms with van der Waals surface area (Å²) >= 11 is 0. The van der Waals surface area contributed by atoms with Crippen molar-refractivity contribution in [1.82, 2.24) is 5.32 Å². The molecule has 13 heteroatoms. The molecule has 0 bridgehead atoms. The quantitative estimate of drug-likeness (QED) is 0.216. The predicted octanol–water partition coefficient (Wildman–Crippen LogP) is 5.07. The molecule has 36 heavy (non-hydrogen) atoms. The number of carbonyl (C=O) groups is 1. The topological polar surface area (TPSA) is 85.7 Å². The molecule has 2 rings (SSSR count). The van der Waals surface area contributed by atoms with Gasteiger partial charge in [0.2, 0.25) is 0 Å². The van der Waals surface area contributed by atoms with Crippen LogP contribution < -0.4 is 15.0 Å². The fourth-order valence-electron chi connectivity index (χ4n) is 2.78. The Morgan fingerprint density at radius 3 is 2.28 bits per heavy atom. The molecule has 0 saturated carbocycles. The molecule has 0 saturated heterocycles. The van der Waals surface area contributed by atoms with E-state index in [1.165, 1.54) is 0 Å². The molecule has 0 heterocycles. The molecule has 0 radical (unpaired) electrons. The molecule has 192 valence electrons. The maximum Gasteiger partial charge on any atom is 0.420 e. The molecule has 3 N–H and O–H groups in total. The van der Waals surface area contributed by atoms with E-state index in [9.17, 15) is 35.5 Å². The second kappa shape index (κ2) is 11.6. The van der Waals surface area contributed by atoms with Gasteiger partial charge in [0, 0.05) is 36.3 Å². The third-order valence-corrected chi connectivity index (χ3v) is 4.52. The maximum absolute atomic E-state index is 13.8. The van der Waals surface area contributed by atoms with E-state index in [2.05, 4.69) is 17.2 Å². The van der Waals surface area contributed by atoms with Gasteiger partial charge in [-0.05, 0) is 36.4 Å². The Kier molecular flexibility index (Phi) is 9.07. The Hall–Kier alpha value is -4.05. The SMILES string of the molecule is CN(C(=O)Oc1c(/C(C=N)=C/NCC#CCO)cc(C(F)(F)F)cc1C(F)(F)F)c1ccc(F)cc1. The van der Waals surface area contributed by atoms with Crippen LogP contribution in [0.3, 0.4) is 0 Å². The van der Waals surface area contributed by atoms with Crippen molar-refractivity contribution in [2.75, 3.05) is 25.1 Å². The number of nitrogens with one attached hydrogen (secondary N) is 2. The van der Waals surface area contributed by atoms with Crippen LogP contribution in [0.25, 0.3) is 5.57 Å². The van der Waals surface area contributed by atoms with Crippen LogP contribution in [0.1, 0.15) is 16.7 Å². The number of amides is 1. The lowest BCUT2D eigenvalue weighted by molar-refractivity contribution is -0.143. The molecule has 0 aromatic heterocycles. The molecule has 0 atom stereocenters. The number of halogens is 7. The molecule has 0 aliphatic heterocycles. The van der Waals surface area contributed by atoms with Crippen molar-refractivity contribution in [1.29, 1.82) is 5.41 Å². The third kappa shape index (κ3) is 7.22. The van der Waals surface area contributed by atoms with Gasteiger partial charge in [0.25, 0.3) is 0 Å². The summed E-state index contributed by atoms with van der Waals surface area (Å²) in [7, 11) is 1.10. The molecule has 1 amide bonds. The Labute approximate surface area is 200 Å². The third-order valence-electron chi connectivity index (χ3n) is 4.52. The van der Waals surface area contributed by atoms with E-state index in [-0.39, 0.29) is 18.3 Å². The monoisotopic (exact) mass is 517 g/mol. The molecule has 0 spiro atoms. The molecule has 6 nitrogen and oxygen atoms in total. The second-order valence-electron chi connectivity index (χ2n) is 6.94. The number of aliphatic hydroxyl groups excluding tert-OH is 1. The molecule has 0 aliphatic carbocycles. The average molecular weight is 517 g/mol. The standard InChI is InChI=1S/C23H18F7N3O3/c1-33(17-6-4-16(24)5-7-17)21(35)36-20-18(14(12-31)13-32-8-2-3-9-34)10-15(22(25,26)27)11-19(20)23(28,29)30/h4-7,10-13,31-32,34H,8-9H2,1H3/b14-13+,31-12?. The first-order valence-electron chi connectivity index (χ1n) is 9.84. The zero-order valence-electron chi connectivity index (χ0n) is 18.4. The number of anilines is 1. The van der Waals surface area contributed by atoms with Gasteiger partial charge in [-0.1, -0.05) is 11.8 Å². The van der Waals surface area contributed by atoms with E-state index in [0.717, 1.165) is 42.4 Å². The number of benzene rings is 2. The highest BCUT2D eigenvalue weighted by Gasteiger charge is 2.41. The summed E-state index contributed by atoms with van der Waals surface area (Å²) in [5, 5.41) is 18.6. The van der Waals surface area contributed by atoms with Gasteiger partial charge in [-0.15, -0.1) is 0 Å². The predicted molar refractivity (Wildman–Crippen MR) is 117 cm³/mol. The molecule has 0 unspecified atom stereocenters. The normalized spacial score (nSPS) is 11.9. The first-order valence-corrected chi connectivity index (χ1v) is 9.84. The molecule has 2 aromatic carbocycles.